The van der Waals surface area contributed by atoms with Gasteiger partial charge in [-0.1, -0.05) is 30.1 Å². The van der Waals surface area contributed by atoms with Crippen molar-refractivity contribution in [1.29, 1.82) is 5.26 Å². The third-order valence-electron chi connectivity index (χ3n) is 3.72. The fourth-order valence-corrected chi connectivity index (χ4v) is 3.17. The van der Waals surface area contributed by atoms with E-state index < -0.39 is 23.6 Å². The molecule has 4 N–H and O–H groups in total. The minimum absolute atomic E-state index is 0.0783. The normalized spacial score (nSPS) is 12.7. The Balaban J connectivity index is 2.74. The van der Waals surface area contributed by atoms with Crippen LogP contribution in [0.3, 0.4) is 0 Å². The number of halogens is 5. The summed E-state index contributed by atoms with van der Waals surface area (Å²) in [6.07, 6.45) is -4.40. The Bertz CT molecular complexity index is 894. The number of hydrogen-bond acceptors (Lipinski definition) is 4. The maximum Gasteiger partial charge on any atom is 0.416 e. The van der Waals surface area contributed by atoms with Crippen LogP contribution in [0.2, 0.25) is 10.0 Å². The predicted octanol–water partition coefficient (Wildman–Crippen LogP) is 3.63. The fraction of sp³-hybridized carbons (Fsp3) is 0.267. The van der Waals surface area contributed by atoms with Crippen LogP contribution in [0.1, 0.15) is 36.1 Å². The van der Waals surface area contributed by atoms with Gasteiger partial charge in [-0.3, -0.25) is 4.79 Å². The van der Waals surface area contributed by atoms with Gasteiger partial charge in [0.05, 0.1) is 21.5 Å². The molecule has 1 unspecified atom stereocenters. The molecule has 11 heteroatoms. The summed E-state index contributed by atoms with van der Waals surface area (Å²) in [6.45, 7) is 1.66. The topological polar surface area (TPSA) is 111 Å². The Morgan fingerprint density at radius 3 is 2.31 bits per heavy atom. The third kappa shape index (κ3) is 3.43. The lowest BCUT2D eigenvalue weighted by atomic mass is 9.95. The molecule has 0 aliphatic heterocycles. The summed E-state index contributed by atoms with van der Waals surface area (Å²) >= 11 is 11.9. The number of amides is 1. The van der Waals surface area contributed by atoms with Gasteiger partial charge in [-0.05, 0) is 18.6 Å². The predicted molar refractivity (Wildman–Crippen MR) is 89.9 cm³/mol. The number of nitrogen functional groups attached to an aromatic ring is 1. The van der Waals surface area contributed by atoms with E-state index in [0.29, 0.717) is 12.1 Å². The minimum atomic E-state index is -4.65. The lowest BCUT2D eigenvalue weighted by Crippen LogP contribution is -2.22. The van der Waals surface area contributed by atoms with Gasteiger partial charge in [-0.25, -0.2) is 4.68 Å². The molecule has 0 spiro atoms. The molecule has 1 heterocycles. The molecule has 1 aromatic heterocycles. The molecule has 6 nitrogen and oxygen atoms in total. The molecular weight excluding hydrogens is 394 g/mol. The number of anilines is 1. The first-order chi connectivity index (χ1) is 12.0. The summed E-state index contributed by atoms with van der Waals surface area (Å²) in [5, 5.41) is 12.5. The molecule has 138 valence electrons. The van der Waals surface area contributed by atoms with E-state index in [1.807, 2.05) is 0 Å². The monoisotopic (exact) mass is 405 g/mol. The van der Waals surface area contributed by atoms with Gasteiger partial charge in [0.15, 0.2) is 5.69 Å². The minimum Gasteiger partial charge on any atom is -0.383 e. The third-order valence-corrected chi connectivity index (χ3v) is 4.30. The Morgan fingerprint density at radius 2 is 1.92 bits per heavy atom. The van der Waals surface area contributed by atoms with Gasteiger partial charge in [-0.15, -0.1) is 0 Å². The Morgan fingerprint density at radius 1 is 1.38 bits per heavy atom. The average molecular weight is 406 g/mol. The first-order valence-electron chi connectivity index (χ1n) is 7.17. The molecular formula is C15H12Cl2F3N5O. The van der Waals surface area contributed by atoms with Gasteiger partial charge in [0, 0.05) is 5.56 Å². The standard InChI is InChI=1S/C15H12Cl2F3N5O/c1-2-7(14(23)26)11-10(5-21)24-25(13(11)22)12-8(16)3-6(4-9(12)17)15(18,19)20/h3-4,7H,2,22H2,1H3,(H2,23,26). The van der Waals surface area contributed by atoms with Crippen molar-refractivity contribution in [3.8, 4) is 11.8 Å². The number of nitrogens with zero attached hydrogens (tertiary/aromatic N) is 3. The van der Waals surface area contributed by atoms with E-state index in [0.717, 1.165) is 4.68 Å². The summed E-state index contributed by atoms with van der Waals surface area (Å²) < 4.78 is 39.5. The number of carbonyl (C=O) groups excluding carboxylic acids is 1. The molecule has 1 aromatic carbocycles. The Hall–Kier alpha value is -2.44. The van der Waals surface area contributed by atoms with E-state index in [1.54, 1.807) is 13.0 Å². The molecule has 2 rings (SSSR count). The largest absolute Gasteiger partial charge is 0.416 e. The SMILES string of the molecule is CCC(C(N)=O)c1c(C#N)nn(-c2c(Cl)cc(C(F)(F)F)cc2Cl)c1N. The van der Waals surface area contributed by atoms with Crippen LogP contribution < -0.4 is 11.5 Å². The smallest absolute Gasteiger partial charge is 0.383 e. The first-order valence-corrected chi connectivity index (χ1v) is 7.92. The summed E-state index contributed by atoms with van der Waals surface area (Å²) in [6, 6.07) is 3.12. The summed E-state index contributed by atoms with van der Waals surface area (Å²) in [4.78, 5) is 11.6. The molecule has 0 aliphatic carbocycles. The summed E-state index contributed by atoms with van der Waals surface area (Å²) in [5.74, 6) is -1.78. The maximum absolute atomic E-state index is 12.9. The van der Waals surface area contributed by atoms with Crippen molar-refractivity contribution in [3.05, 3.63) is 39.0 Å². The van der Waals surface area contributed by atoms with E-state index in [1.165, 1.54) is 0 Å². The van der Waals surface area contributed by atoms with Gasteiger partial charge in [0.25, 0.3) is 0 Å². The molecule has 1 atom stereocenters. The highest BCUT2D eigenvalue weighted by Crippen LogP contribution is 2.39. The highest BCUT2D eigenvalue weighted by molar-refractivity contribution is 6.38. The van der Waals surface area contributed by atoms with Crippen LogP contribution in [0.15, 0.2) is 12.1 Å². The number of alkyl halides is 3. The molecule has 2 aromatic rings. The van der Waals surface area contributed by atoms with Gasteiger partial charge in [-0.2, -0.15) is 23.5 Å². The second-order valence-corrected chi connectivity index (χ2v) is 6.13. The number of carbonyl (C=O) groups is 1. The van der Waals surface area contributed by atoms with Crippen molar-refractivity contribution < 1.29 is 18.0 Å². The second-order valence-electron chi connectivity index (χ2n) is 5.32. The van der Waals surface area contributed by atoms with Crippen LogP contribution in [0.5, 0.6) is 0 Å². The summed E-state index contributed by atoms with van der Waals surface area (Å²) in [5.41, 5.74) is 10.0. The quantitative estimate of drug-likeness (QED) is 0.808. The number of rotatable bonds is 4. The van der Waals surface area contributed by atoms with Crippen LogP contribution in [0.25, 0.3) is 5.69 Å². The van der Waals surface area contributed by atoms with Crippen LogP contribution in [0.4, 0.5) is 19.0 Å². The first kappa shape index (κ1) is 19.9. The van der Waals surface area contributed by atoms with Crippen LogP contribution in [-0.2, 0) is 11.0 Å². The molecule has 0 bridgehead atoms. The fourth-order valence-electron chi connectivity index (χ4n) is 2.52. The van der Waals surface area contributed by atoms with Gasteiger partial charge in [0.2, 0.25) is 5.91 Å². The highest BCUT2D eigenvalue weighted by atomic mass is 35.5. The number of primary amides is 1. The lowest BCUT2D eigenvalue weighted by Gasteiger charge is -2.14. The van der Waals surface area contributed by atoms with Crippen LogP contribution in [0, 0.1) is 11.3 Å². The Kier molecular flexibility index (Phi) is 5.39. The van der Waals surface area contributed by atoms with E-state index in [-0.39, 0.29) is 39.2 Å². The molecule has 0 aliphatic rings. The van der Waals surface area contributed by atoms with Crippen molar-refractivity contribution in [3.63, 3.8) is 0 Å². The average Bonchev–Trinajstić information content (AvgIpc) is 2.83. The zero-order valence-electron chi connectivity index (χ0n) is 13.2. The van der Waals surface area contributed by atoms with E-state index >= 15 is 0 Å². The van der Waals surface area contributed by atoms with E-state index in [9.17, 15) is 23.2 Å². The summed E-state index contributed by atoms with van der Waals surface area (Å²) in [7, 11) is 0. The van der Waals surface area contributed by atoms with Crippen LogP contribution in [-0.4, -0.2) is 15.7 Å². The molecule has 0 saturated heterocycles. The van der Waals surface area contributed by atoms with Gasteiger partial charge >= 0.3 is 6.18 Å². The lowest BCUT2D eigenvalue weighted by molar-refractivity contribution is -0.137. The number of benzene rings is 1. The number of nitriles is 1. The van der Waals surface area contributed by atoms with Crippen molar-refractivity contribution in [2.45, 2.75) is 25.4 Å². The zero-order valence-corrected chi connectivity index (χ0v) is 14.7. The van der Waals surface area contributed by atoms with Crippen LogP contribution >= 0.6 is 23.2 Å². The van der Waals surface area contributed by atoms with Crippen molar-refractivity contribution in [2.24, 2.45) is 5.73 Å². The van der Waals surface area contributed by atoms with Crippen molar-refractivity contribution in [1.82, 2.24) is 9.78 Å². The number of hydrogen-bond donors (Lipinski definition) is 2. The van der Waals surface area contributed by atoms with Crippen molar-refractivity contribution >= 4 is 34.9 Å². The highest BCUT2D eigenvalue weighted by Gasteiger charge is 2.33. The molecule has 1 amide bonds. The number of nitrogens with two attached hydrogens (primary N) is 2. The Labute approximate surface area is 156 Å². The second kappa shape index (κ2) is 7.05. The number of aromatic nitrogens is 2. The maximum atomic E-state index is 12.9. The zero-order chi connectivity index (χ0) is 19.8. The molecule has 26 heavy (non-hydrogen) atoms. The van der Waals surface area contributed by atoms with E-state index in [2.05, 4.69) is 5.10 Å². The molecule has 0 saturated carbocycles. The van der Waals surface area contributed by atoms with E-state index in [4.69, 9.17) is 34.7 Å². The van der Waals surface area contributed by atoms with Gasteiger partial charge < -0.3 is 11.5 Å². The molecule has 0 radical (unpaired) electrons. The van der Waals surface area contributed by atoms with Crippen molar-refractivity contribution in [2.75, 3.05) is 5.73 Å². The van der Waals surface area contributed by atoms with Gasteiger partial charge in [0.1, 0.15) is 17.6 Å². The molecule has 0 fully saturated rings.